The summed E-state index contributed by atoms with van der Waals surface area (Å²) in [4.78, 5) is 71.3. The summed E-state index contributed by atoms with van der Waals surface area (Å²) in [5.74, 6) is 1.24. The minimum atomic E-state index is -3.37. The monoisotopic (exact) mass is 1230 g/mol. The smallest absolute Gasteiger partial charge is 1.00 e. The summed E-state index contributed by atoms with van der Waals surface area (Å²) in [6.45, 7) is 16.3. The number of rotatable bonds is 12. The van der Waals surface area contributed by atoms with Crippen LogP contribution in [0.4, 0.5) is 9.59 Å². The first-order valence-corrected chi connectivity index (χ1v) is 23.6. The van der Waals surface area contributed by atoms with Crippen LogP contribution in [0.1, 0.15) is 79.9 Å². The number of pyridine rings is 3. The van der Waals surface area contributed by atoms with E-state index in [1.807, 2.05) is 53.7 Å². The van der Waals surface area contributed by atoms with Gasteiger partial charge in [0, 0.05) is 82.5 Å². The van der Waals surface area contributed by atoms with Crippen molar-refractivity contribution in [2.45, 2.75) is 103 Å². The minimum Gasteiger partial charge on any atom is -1.00 e. The summed E-state index contributed by atoms with van der Waals surface area (Å²) in [7, 11) is -0.219. The Morgan fingerprint density at radius 3 is 1.74 bits per heavy atom. The normalized spacial score (nSPS) is 15.3. The molecule has 0 spiro atoms. The molecule has 5 heterocycles. The predicted octanol–water partition coefficient (Wildman–Crippen LogP) is -2.87. The van der Waals surface area contributed by atoms with Crippen LogP contribution in [-0.4, -0.2) is 147 Å². The number of nitrogens with zero attached hydrogens (tertiary/aromatic N) is 5. The van der Waals surface area contributed by atoms with Crippen LogP contribution < -0.4 is 169 Å². The van der Waals surface area contributed by atoms with Gasteiger partial charge in [-0.1, -0.05) is 6.07 Å². The summed E-state index contributed by atoms with van der Waals surface area (Å²) in [6, 6.07) is 10.8. The van der Waals surface area contributed by atoms with Crippen molar-refractivity contribution in [2.75, 3.05) is 66.4 Å². The number of carbonyl (C=O) groups excluding carboxylic acids is 4. The van der Waals surface area contributed by atoms with Gasteiger partial charge in [0.05, 0.1) is 43.8 Å². The van der Waals surface area contributed by atoms with Crippen LogP contribution in [0.2, 0.25) is 0 Å². The van der Waals surface area contributed by atoms with Crippen molar-refractivity contribution in [3.63, 3.8) is 0 Å². The average molecular weight is 1230 g/mol. The third-order valence-corrected chi connectivity index (χ3v) is 10.6. The second-order valence-corrected chi connectivity index (χ2v) is 19.3. The SMILES string of the molecule is CC(C)(C)OC(=O)NC1CCN(CCOS(C)(=O)=O)CC1.COc1ccc2c(ccc(=O)n2CCN2CCC(NC(=O)OC(C)(C)C)CC2)n1.COc1ccc2c(n1)C=CC(=O)C2.O=CO[O-].[Cs+].[Cs+].[H-]. The van der Waals surface area contributed by atoms with E-state index in [0.717, 1.165) is 87.0 Å². The average Bonchev–Trinajstić information content (AvgIpc) is 3.25. The molecule has 21 nitrogen and oxygen atoms in total. The van der Waals surface area contributed by atoms with Gasteiger partial charge in [0.25, 0.3) is 22.1 Å². The Balaban J connectivity index is 0.00000102. The molecule has 24 heteroatoms. The molecule has 2 aliphatic heterocycles. The summed E-state index contributed by atoms with van der Waals surface area (Å²) in [5.41, 5.74) is 2.32. The van der Waals surface area contributed by atoms with E-state index in [1.165, 1.54) is 0 Å². The predicted molar refractivity (Wildman–Crippen MR) is 248 cm³/mol. The number of hydrogen-bond acceptors (Lipinski definition) is 18. The molecule has 0 saturated carbocycles. The number of aromatic nitrogens is 3. The zero-order valence-corrected chi connectivity index (χ0v) is 55.3. The number of carbonyl (C=O) groups is 4. The van der Waals surface area contributed by atoms with Crippen LogP contribution in [0.15, 0.2) is 47.3 Å². The molecule has 0 radical (unpaired) electrons. The zero-order chi connectivity index (χ0) is 49.8. The maximum atomic E-state index is 12.4. The molecule has 69 heavy (non-hydrogen) atoms. The molecule has 2 fully saturated rings. The fourth-order valence-electron chi connectivity index (χ4n) is 6.92. The van der Waals surface area contributed by atoms with Crippen molar-refractivity contribution in [3.05, 3.63) is 64.1 Å². The topological polar surface area (TPSA) is 259 Å². The van der Waals surface area contributed by atoms with Gasteiger partial charge in [-0.05, 0) is 97.1 Å². The largest absolute Gasteiger partial charge is 1.00 e. The first-order chi connectivity index (χ1) is 31.5. The van der Waals surface area contributed by atoms with Gasteiger partial charge in [0.1, 0.15) is 11.2 Å². The molecule has 2 N–H and O–H groups in total. The molecule has 0 bridgehead atoms. The Labute approximate surface area is 524 Å². The van der Waals surface area contributed by atoms with Gasteiger partial charge in [-0.25, -0.2) is 19.6 Å². The number of piperidine rings is 2. The van der Waals surface area contributed by atoms with Crippen LogP contribution in [0.25, 0.3) is 17.1 Å². The molecule has 2 amide bonds. The molecule has 374 valence electrons. The van der Waals surface area contributed by atoms with Gasteiger partial charge < -0.3 is 55.5 Å². The van der Waals surface area contributed by atoms with Crippen LogP contribution in [0.5, 0.6) is 11.8 Å². The Hall–Kier alpha value is -1.58. The number of ketones is 1. The second-order valence-electron chi connectivity index (χ2n) is 17.7. The molecule has 3 aliphatic rings. The molecule has 6 rings (SSSR count). The van der Waals surface area contributed by atoms with E-state index in [9.17, 15) is 27.6 Å². The Bertz CT molecular complexity index is 2300. The van der Waals surface area contributed by atoms with Gasteiger partial charge >= 0.3 is 150 Å². The van der Waals surface area contributed by atoms with Crippen molar-refractivity contribution < 1.29 is 200 Å². The van der Waals surface area contributed by atoms with Crippen LogP contribution >= 0.6 is 0 Å². The van der Waals surface area contributed by atoms with Crippen LogP contribution in [-0.2, 0) is 51.2 Å². The number of ether oxygens (including phenoxy) is 4. The van der Waals surface area contributed by atoms with Gasteiger partial charge in [-0.2, -0.15) is 8.42 Å². The Morgan fingerprint density at radius 1 is 0.768 bits per heavy atom. The van der Waals surface area contributed by atoms with Crippen molar-refractivity contribution in [1.82, 2.24) is 35.0 Å². The van der Waals surface area contributed by atoms with Crippen molar-refractivity contribution in [3.8, 4) is 11.8 Å². The number of allylic oxidation sites excluding steroid dienone is 1. The Kier molecular flexibility index (Phi) is 30.9. The van der Waals surface area contributed by atoms with E-state index in [0.29, 0.717) is 31.3 Å². The summed E-state index contributed by atoms with van der Waals surface area (Å²) >= 11 is 0. The van der Waals surface area contributed by atoms with Gasteiger partial charge in [0.2, 0.25) is 11.8 Å². The fraction of sp³-hybridized carbons (Fsp3) is 0.578. The number of fused-ring (bicyclic) bond motifs is 2. The first kappa shape index (κ1) is 65.4. The number of amides is 2. The van der Waals surface area contributed by atoms with Gasteiger partial charge in [-0.15, -0.1) is 0 Å². The summed E-state index contributed by atoms with van der Waals surface area (Å²) in [5, 5.41) is 14.2. The van der Waals surface area contributed by atoms with E-state index in [1.54, 1.807) is 55.2 Å². The maximum Gasteiger partial charge on any atom is 1.00 e. The maximum absolute atomic E-state index is 12.4. The molecular formula is C45H67Cs2N7O14S. The van der Waals surface area contributed by atoms with Crippen molar-refractivity contribution in [2.24, 2.45) is 0 Å². The van der Waals surface area contributed by atoms with Gasteiger partial charge in [0.15, 0.2) is 5.78 Å². The quantitative estimate of drug-likeness (QED) is 0.0800. The number of likely N-dealkylation sites (tertiary alicyclic amines) is 2. The number of alkyl carbamates (subject to hydrolysis) is 2. The summed E-state index contributed by atoms with van der Waals surface area (Å²) < 4.78 is 48.9. The zero-order valence-electron chi connectivity index (χ0n) is 42.9. The van der Waals surface area contributed by atoms with Crippen LogP contribution in [0, 0.1) is 0 Å². The van der Waals surface area contributed by atoms with E-state index in [-0.39, 0.29) is 188 Å². The molecule has 1 aliphatic carbocycles. The second kappa shape index (κ2) is 32.6. The molecule has 0 unspecified atom stereocenters. The van der Waals surface area contributed by atoms with Crippen LogP contribution in [0.3, 0.4) is 0 Å². The van der Waals surface area contributed by atoms with E-state index < -0.39 is 21.3 Å². The molecule has 3 aromatic rings. The van der Waals surface area contributed by atoms with E-state index >= 15 is 0 Å². The van der Waals surface area contributed by atoms with Gasteiger partial charge in [-0.3, -0.25) is 18.6 Å². The molecular weight excluding hydrogens is 1160 g/mol. The molecule has 2 saturated heterocycles. The standard InChI is InChI=1S/C21H30N4O4.C13H26N2O5S.C10H9NO2.CH2O3.2Cs.H/c1-21(2,3)29-20(27)22-15-9-11-24(12-10-15)13-14-25-17-6-7-18(28-4)23-16(17)5-8-19(25)26;1-13(2,3)20-12(16)14-11-5-7-15(8-6-11)9-10-19-21(4,17)18;1-13-10-5-2-7-6-8(12)3-4-9(7)11-10;2-1-4-3;;;/h5-8,15H,9-14H2,1-4H3,(H,22,27);11H,5-10H2,1-4H3,(H,14,16);2-5H,6H2,1H3;1,3H;;;/q;;;;2*+1;-1/p-1. The molecule has 0 atom stereocenters. The Morgan fingerprint density at radius 2 is 1.26 bits per heavy atom. The van der Waals surface area contributed by atoms with E-state index in [4.69, 9.17) is 33.2 Å². The van der Waals surface area contributed by atoms with Crippen molar-refractivity contribution in [1.29, 1.82) is 0 Å². The third kappa shape index (κ3) is 26.8. The number of hydrogen-bond donors (Lipinski definition) is 2. The third-order valence-electron chi connectivity index (χ3n) is 10.0. The number of methoxy groups -OCH3 is 2. The minimum absolute atomic E-state index is 0. The van der Waals surface area contributed by atoms with Crippen molar-refractivity contribution >= 4 is 51.7 Å². The fourth-order valence-corrected chi connectivity index (χ4v) is 7.30. The molecule has 0 aromatic carbocycles. The van der Waals surface area contributed by atoms with E-state index in [2.05, 4.69) is 35.3 Å². The number of nitrogens with one attached hydrogen (secondary N) is 2. The summed E-state index contributed by atoms with van der Waals surface area (Å²) in [6.07, 6.45) is 7.38. The molecule has 3 aromatic heterocycles. The first-order valence-electron chi connectivity index (χ1n) is 21.8.